The second-order valence-electron chi connectivity index (χ2n) is 5.46. The Bertz CT molecular complexity index is 609. The van der Waals surface area contributed by atoms with E-state index in [1.807, 2.05) is 36.0 Å². The molecule has 2 amide bonds. The number of hydrogen-bond acceptors (Lipinski definition) is 5. The minimum Gasteiger partial charge on any atom is -0.337 e. The van der Waals surface area contributed by atoms with Gasteiger partial charge in [-0.1, -0.05) is 12.8 Å². The number of aromatic nitrogens is 4. The standard InChI is InChI=1S/C15H20N6OS/c22-15(16-9-10-23-14-3-1-2-4-14)18-12-5-7-13(8-6-12)21-11-17-19-20-21/h5-8,11,14H,1-4,9-10H2,(H2,16,18,22). The zero-order valence-electron chi connectivity index (χ0n) is 12.8. The van der Waals surface area contributed by atoms with E-state index >= 15 is 0 Å². The summed E-state index contributed by atoms with van der Waals surface area (Å²) in [6.45, 7) is 0.690. The van der Waals surface area contributed by atoms with Gasteiger partial charge in [0.1, 0.15) is 6.33 Å². The molecule has 3 rings (SSSR count). The maximum Gasteiger partial charge on any atom is 0.319 e. The summed E-state index contributed by atoms with van der Waals surface area (Å²) in [5, 5.41) is 17.5. The summed E-state index contributed by atoms with van der Waals surface area (Å²) in [5.74, 6) is 0.969. The maximum absolute atomic E-state index is 11.9. The summed E-state index contributed by atoms with van der Waals surface area (Å²) in [7, 11) is 0. The van der Waals surface area contributed by atoms with E-state index in [2.05, 4.69) is 26.2 Å². The number of nitrogens with zero attached hydrogens (tertiary/aromatic N) is 4. The highest BCUT2D eigenvalue weighted by atomic mass is 32.2. The SMILES string of the molecule is O=C(NCCSC1CCCC1)Nc1ccc(-n2cnnn2)cc1. The molecule has 1 heterocycles. The zero-order valence-corrected chi connectivity index (χ0v) is 13.6. The first-order chi connectivity index (χ1) is 11.3. The third-order valence-corrected chi connectivity index (χ3v) is 5.16. The highest BCUT2D eigenvalue weighted by Gasteiger charge is 2.14. The van der Waals surface area contributed by atoms with Crippen LogP contribution in [0.1, 0.15) is 25.7 Å². The maximum atomic E-state index is 11.9. The monoisotopic (exact) mass is 332 g/mol. The lowest BCUT2D eigenvalue weighted by Crippen LogP contribution is -2.30. The van der Waals surface area contributed by atoms with Gasteiger partial charge in [-0.15, -0.1) is 5.10 Å². The van der Waals surface area contributed by atoms with E-state index in [4.69, 9.17) is 0 Å². The molecule has 1 aromatic carbocycles. The van der Waals surface area contributed by atoms with Gasteiger partial charge in [-0.2, -0.15) is 11.8 Å². The van der Waals surface area contributed by atoms with Crippen molar-refractivity contribution in [3.8, 4) is 5.69 Å². The fourth-order valence-corrected chi connectivity index (χ4v) is 3.82. The number of hydrogen-bond donors (Lipinski definition) is 2. The zero-order chi connectivity index (χ0) is 15.9. The van der Waals surface area contributed by atoms with Crippen LogP contribution in [0.15, 0.2) is 30.6 Å². The smallest absolute Gasteiger partial charge is 0.319 e. The van der Waals surface area contributed by atoms with Crippen LogP contribution in [-0.2, 0) is 0 Å². The molecule has 1 aromatic heterocycles. The van der Waals surface area contributed by atoms with Crippen LogP contribution in [0.25, 0.3) is 5.69 Å². The Kier molecular flexibility index (Phi) is 5.46. The summed E-state index contributed by atoms with van der Waals surface area (Å²) in [6, 6.07) is 7.17. The first kappa shape index (κ1) is 15.8. The van der Waals surface area contributed by atoms with Crippen molar-refractivity contribution in [2.45, 2.75) is 30.9 Å². The van der Waals surface area contributed by atoms with Gasteiger partial charge in [-0.05, 0) is 47.5 Å². The van der Waals surface area contributed by atoms with Gasteiger partial charge in [-0.3, -0.25) is 0 Å². The van der Waals surface area contributed by atoms with Crippen LogP contribution < -0.4 is 10.6 Å². The topological polar surface area (TPSA) is 84.7 Å². The first-order valence-electron chi connectivity index (χ1n) is 7.81. The van der Waals surface area contributed by atoms with Crippen LogP contribution >= 0.6 is 11.8 Å². The molecule has 0 bridgehead atoms. The third kappa shape index (κ3) is 4.69. The van der Waals surface area contributed by atoms with Gasteiger partial charge in [0.05, 0.1) is 5.69 Å². The fourth-order valence-electron chi connectivity index (χ4n) is 2.60. The Morgan fingerprint density at radius 2 is 2.04 bits per heavy atom. The Balaban J connectivity index is 1.39. The van der Waals surface area contributed by atoms with E-state index in [0.29, 0.717) is 6.54 Å². The number of rotatable bonds is 6. The van der Waals surface area contributed by atoms with Crippen molar-refractivity contribution in [1.29, 1.82) is 0 Å². The second kappa shape index (κ2) is 7.96. The molecule has 0 radical (unpaired) electrons. The van der Waals surface area contributed by atoms with E-state index in [9.17, 15) is 4.79 Å². The van der Waals surface area contributed by atoms with Crippen LogP contribution in [0.4, 0.5) is 10.5 Å². The minimum atomic E-state index is -0.174. The third-order valence-electron chi connectivity index (χ3n) is 3.78. The van der Waals surface area contributed by atoms with Crippen molar-refractivity contribution in [3.05, 3.63) is 30.6 Å². The Morgan fingerprint density at radius 3 is 2.74 bits per heavy atom. The molecule has 0 aliphatic heterocycles. The number of nitrogens with one attached hydrogen (secondary N) is 2. The summed E-state index contributed by atoms with van der Waals surface area (Å²) in [5.41, 5.74) is 1.58. The van der Waals surface area contributed by atoms with E-state index in [1.165, 1.54) is 32.0 Å². The second-order valence-corrected chi connectivity index (χ2v) is 6.87. The summed E-state index contributed by atoms with van der Waals surface area (Å²) in [4.78, 5) is 11.9. The summed E-state index contributed by atoms with van der Waals surface area (Å²) in [6.07, 6.45) is 6.88. The molecular weight excluding hydrogens is 312 g/mol. The number of amides is 2. The van der Waals surface area contributed by atoms with E-state index < -0.39 is 0 Å². The predicted molar refractivity (Wildman–Crippen MR) is 90.9 cm³/mol. The van der Waals surface area contributed by atoms with Gasteiger partial charge in [0, 0.05) is 23.2 Å². The normalized spacial score (nSPS) is 14.8. The van der Waals surface area contributed by atoms with Crippen LogP contribution in [0.3, 0.4) is 0 Å². The van der Waals surface area contributed by atoms with Gasteiger partial charge in [0.25, 0.3) is 0 Å². The molecular formula is C15H20N6OS. The Morgan fingerprint density at radius 1 is 1.26 bits per heavy atom. The van der Waals surface area contributed by atoms with Gasteiger partial charge in [-0.25, -0.2) is 9.48 Å². The number of anilines is 1. The predicted octanol–water partition coefficient (Wildman–Crippen LogP) is 2.46. The number of urea groups is 1. The largest absolute Gasteiger partial charge is 0.337 e. The molecule has 0 spiro atoms. The minimum absolute atomic E-state index is 0.174. The van der Waals surface area contributed by atoms with Crippen LogP contribution in [-0.4, -0.2) is 43.8 Å². The molecule has 0 unspecified atom stereocenters. The fraction of sp³-hybridized carbons (Fsp3) is 0.467. The summed E-state index contributed by atoms with van der Waals surface area (Å²) < 4.78 is 1.56. The van der Waals surface area contributed by atoms with Crippen molar-refractivity contribution in [2.75, 3.05) is 17.6 Å². The number of benzene rings is 1. The molecule has 2 N–H and O–H groups in total. The lowest BCUT2D eigenvalue weighted by Gasteiger charge is -2.10. The van der Waals surface area contributed by atoms with E-state index in [1.54, 1.807) is 4.68 Å². The van der Waals surface area contributed by atoms with Gasteiger partial charge < -0.3 is 10.6 Å². The van der Waals surface area contributed by atoms with E-state index in [-0.39, 0.29) is 6.03 Å². The molecule has 7 nitrogen and oxygen atoms in total. The first-order valence-corrected chi connectivity index (χ1v) is 8.86. The molecule has 0 atom stereocenters. The average molecular weight is 332 g/mol. The van der Waals surface area contributed by atoms with Crippen molar-refractivity contribution >= 4 is 23.5 Å². The molecule has 1 aliphatic carbocycles. The number of thioether (sulfide) groups is 1. The van der Waals surface area contributed by atoms with Crippen LogP contribution in [0.5, 0.6) is 0 Å². The van der Waals surface area contributed by atoms with Gasteiger partial charge in [0.15, 0.2) is 0 Å². The number of carbonyl (C=O) groups is 1. The molecule has 1 saturated carbocycles. The lowest BCUT2D eigenvalue weighted by atomic mass is 10.3. The molecule has 23 heavy (non-hydrogen) atoms. The average Bonchev–Trinajstić information content (AvgIpc) is 3.26. The van der Waals surface area contributed by atoms with Gasteiger partial charge in [0.2, 0.25) is 0 Å². The van der Waals surface area contributed by atoms with Gasteiger partial charge >= 0.3 is 6.03 Å². The van der Waals surface area contributed by atoms with Crippen molar-refractivity contribution in [1.82, 2.24) is 25.5 Å². The van der Waals surface area contributed by atoms with Crippen molar-refractivity contribution in [2.24, 2.45) is 0 Å². The van der Waals surface area contributed by atoms with Crippen LogP contribution in [0.2, 0.25) is 0 Å². The van der Waals surface area contributed by atoms with Crippen LogP contribution in [0, 0.1) is 0 Å². The molecule has 1 fully saturated rings. The van der Waals surface area contributed by atoms with E-state index in [0.717, 1.165) is 22.4 Å². The quantitative estimate of drug-likeness (QED) is 0.794. The van der Waals surface area contributed by atoms with Crippen molar-refractivity contribution < 1.29 is 4.79 Å². The summed E-state index contributed by atoms with van der Waals surface area (Å²) >= 11 is 1.97. The lowest BCUT2D eigenvalue weighted by molar-refractivity contribution is 0.252. The Hall–Kier alpha value is -2.09. The molecule has 122 valence electrons. The molecule has 1 aliphatic rings. The molecule has 0 saturated heterocycles. The number of carbonyl (C=O) groups excluding carboxylic acids is 1. The van der Waals surface area contributed by atoms with Crippen molar-refractivity contribution in [3.63, 3.8) is 0 Å². The highest BCUT2D eigenvalue weighted by molar-refractivity contribution is 7.99. The Labute approximate surface area is 139 Å². The molecule has 8 heteroatoms. The number of tetrazole rings is 1. The molecule has 2 aromatic rings. The highest BCUT2D eigenvalue weighted by Crippen LogP contribution is 2.28.